The molecule has 5 heteroatoms. The molecule has 0 fully saturated rings. The van der Waals surface area contributed by atoms with Gasteiger partial charge in [0.2, 0.25) is 0 Å². The van der Waals surface area contributed by atoms with Crippen LogP contribution in [-0.4, -0.2) is 14.1 Å². The molecule has 0 saturated carbocycles. The average molecular weight is 1020 g/mol. The molecular formula is C72H80N4O. The molecule has 0 amide bonds. The zero-order valence-corrected chi connectivity index (χ0v) is 49.2. The predicted molar refractivity (Wildman–Crippen MR) is 325 cm³/mol. The van der Waals surface area contributed by atoms with E-state index in [0.29, 0.717) is 0 Å². The van der Waals surface area contributed by atoms with Gasteiger partial charge in [-0.3, -0.25) is 13.7 Å². The maximum atomic E-state index is 6.96. The van der Waals surface area contributed by atoms with Gasteiger partial charge in [0.15, 0.2) is 0 Å². The summed E-state index contributed by atoms with van der Waals surface area (Å²) < 4.78 is 13.8. The Hall–Kier alpha value is -7.24. The highest BCUT2D eigenvalue weighted by atomic mass is 16.5. The number of aromatic nitrogens is 4. The molecule has 0 aliphatic carbocycles. The molecule has 3 aromatic heterocycles. The Bertz CT molecular complexity index is 3860. The van der Waals surface area contributed by atoms with Gasteiger partial charge in [-0.2, -0.15) is 0 Å². The van der Waals surface area contributed by atoms with Crippen LogP contribution in [0.1, 0.15) is 158 Å². The summed E-state index contributed by atoms with van der Waals surface area (Å²) >= 11 is 0. The number of pyridine rings is 1. The molecule has 7 aromatic carbocycles. The second kappa shape index (κ2) is 18.7. The third-order valence-corrected chi connectivity index (χ3v) is 15.5. The molecule has 0 bridgehead atoms. The van der Waals surface area contributed by atoms with Crippen LogP contribution in [-0.2, 0) is 32.5 Å². The number of nitrogens with zero attached hydrogens (tertiary/aromatic N) is 4. The summed E-state index contributed by atoms with van der Waals surface area (Å²) in [5, 5.41) is 2.32. The fourth-order valence-corrected chi connectivity index (χ4v) is 10.6. The van der Waals surface area contributed by atoms with Crippen LogP contribution in [0.15, 0.2) is 158 Å². The smallest absolute Gasteiger partial charge is 0.269 e. The monoisotopic (exact) mass is 1020 g/mol. The second-order valence-electron chi connectivity index (χ2n) is 27.8. The summed E-state index contributed by atoms with van der Waals surface area (Å²) in [6.07, 6.45) is 5.97. The fraction of sp³-hybridized carbons (Fsp3) is 0.333. The molecule has 0 atom stereocenters. The lowest BCUT2D eigenvalue weighted by molar-refractivity contribution is -0.572. The fourth-order valence-electron chi connectivity index (χ4n) is 10.6. The minimum Gasteiger partial charge on any atom is -0.458 e. The first-order valence-corrected chi connectivity index (χ1v) is 27.7. The maximum Gasteiger partial charge on any atom is 0.269 e. The lowest BCUT2D eigenvalue weighted by atomic mass is 9.77. The Morgan fingerprint density at radius 3 is 1.68 bits per heavy atom. The first-order valence-electron chi connectivity index (χ1n) is 27.7. The van der Waals surface area contributed by atoms with Crippen LogP contribution in [0.2, 0.25) is 0 Å². The largest absolute Gasteiger partial charge is 0.458 e. The van der Waals surface area contributed by atoms with Crippen LogP contribution in [0.25, 0.3) is 72.3 Å². The van der Waals surface area contributed by atoms with Crippen molar-refractivity contribution in [1.82, 2.24) is 14.1 Å². The van der Waals surface area contributed by atoms with Crippen molar-refractivity contribution in [2.45, 2.75) is 157 Å². The zero-order chi connectivity index (χ0) is 55.4. The van der Waals surface area contributed by atoms with Gasteiger partial charge < -0.3 is 4.74 Å². The zero-order valence-electron chi connectivity index (χ0n) is 49.2. The van der Waals surface area contributed by atoms with E-state index in [2.05, 4.69) is 296 Å². The molecular weight excluding hydrogens is 937 g/mol. The van der Waals surface area contributed by atoms with Gasteiger partial charge in [-0.25, -0.2) is 4.98 Å². The van der Waals surface area contributed by atoms with Gasteiger partial charge in [-0.15, -0.1) is 0 Å². The highest BCUT2D eigenvalue weighted by Crippen LogP contribution is 2.42. The van der Waals surface area contributed by atoms with Gasteiger partial charge in [-0.1, -0.05) is 216 Å². The maximum absolute atomic E-state index is 6.96. The number of hydrogen-bond donors (Lipinski definition) is 0. The van der Waals surface area contributed by atoms with Crippen molar-refractivity contribution in [3.05, 3.63) is 198 Å². The van der Waals surface area contributed by atoms with Crippen LogP contribution in [0, 0.1) is 6.33 Å². The molecule has 0 aliphatic heterocycles. The lowest BCUT2D eigenvalue weighted by Gasteiger charge is -2.30. The van der Waals surface area contributed by atoms with Crippen molar-refractivity contribution < 1.29 is 9.30 Å². The molecule has 3 heterocycles. The molecule has 77 heavy (non-hydrogen) atoms. The Labute approximate surface area is 459 Å². The van der Waals surface area contributed by atoms with Crippen LogP contribution in [0.4, 0.5) is 0 Å². The molecule has 10 rings (SSSR count). The van der Waals surface area contributed by atoms with Crippen molar-refractivity contribution in [1.29, 1.82) is 0 Å². The molecule has 0 N–H and O–H groups in total. The van der Waals surface area contributed by atoms with Gasteiger partial charge >= 0.3 is 0 Å². The summed E-state index contributed by atoms with van der Waals surface area (Å²) in [4.78, 5) is 4.94. The van der Waals surface area contributed by atoms with Gasteiger partial charge in [0.05, 0.1) is 33.4 Å². The van der Waals surface area contributed by atoms with Crippen LogP contribution in [0.5, 0.6) is 11.5 Å². The molecule has 0 radical (unpaired) electrons. The minimum absolute atomic E-state index is 0.0277. The van der Waals surface area contributed by atoms with Gasteiger partial charge in [-0.05, 0) is 143 Å². The third kappa shape index (κ3) is 10.4. The van der Waals surface area contributed by atoms with E-state index >= 15 is 0 Å². The van der Waals surface area contributed by atoms with E-state index in [1.807, 2.05) is 6.20 Å². The first-order chi connectivity index (χ1) is 35.9. The Morgan fingerprint density at radius 2 is 1.01 bits per heavy atom. The van der Waals surface area contributed by atoms with Gasteiger partial charge in [0, 0.05) is 23.0 Å². The standard InChI is InChI=1S/C72H80N4O/c1-67(2,3)49-24-21-23-47(35-49)59-40-53(71(13,14)15)41-60(72(16,17)18)66(59)75-45-74(64-38-46(29-32-62(64)75)48-36-51(69(7,8)9)39-52(37-48)70(10,11)12)54-25-22-26-55(43-54)77-56-30-31-58-57-27-19-20-28-61(57)76(63(58)44-56)65-42-50(33-34-73-65)68(4,5)6/h19-44H,1-18H3. The molecule has 0 unspecified atom stereocenters. The van der Waals surface area contributed by atoms with Crippen molar-refractivity contribution >= 4 is 32.8 Å². The minimum atomic E-state index is -0.217. The summed E-state index contributed by atoms with van der Waals surface area (Å²) in [7, 11) is 0. The molecule has 394 valence electrons. The summed E-state index contributed by atoms with van der Waals surface area (Å²) in [5.74, 6) is 2.36. The molecule has 0 aliphatic rings. The van der Waals surface area contributed by atoms with Crippen molar-refractivity contribution in [3.8, 4) is 50.9 Å². The number of ether oxygens (including phenoxy) is 1. The van der Waals surface area contributed by atoms with Gasteiger partial charge in [0.25, 0.3) is 6.33 Å². The SMILES string of the molecule is CC(C)(C)c1cccc(-c2cc(C(C)(C)C)cc(C(C)(C)C)c2-[n+]2[c-]n(-c3cccc(Oc4ccc5c6ccccc6n(-c6cc(C(C)(C)C)ccn6)c5c4)c3)c3cc(-c4cc(C(C)(C)C)cc(C(C)(C)C)c4)ccc32)c1. The normalized spacial score (nSPS) is 13.1. The Kier molecular flexibility index (Phi) is 12.9. The van der Waals surface area contributed by atoms with E-state index in [0.717, 1.165) is 61.7 Å². The highest BCUT2D eigenvalue weighted by Gasteiger charge is 2.30. The molecule has 5 nitrogen and oxygen atoms in total. The topological polar surface area (TPSA) is 35.9 Å². The quantitative estimate of drug-likeness (QED) is 0.118. The number of rotatable bonds is 7. The van der Waals surface area contributed by atoms with E-state index < -0.39 is 0 Å². The van der Waals surface area contributed by atoms with Crippen LogP contribution < -0.4 is 9.30 Å². The van der Waals surface area contributed by atoms with Crippen molar-refractivity contribution in [3.63, 3.8) is 0 Å². The van der Waals surface area contributed by atoms with E-state index in [9.17, 15) is 0 Å². The molecule has 0 saturated heterocycles. The number of para-hydroxylation sites is 1. The van der Waals surface area contributed by atoms with Crippen LogP contribution in [0.3, 0.4) is 0 Å². The van der Waals surface area contributed by atoms with E-state index in [4.69, 9.17) is 9.72 Å². The highest BCUT2D eigenvalue weighted by molar-refractivity contribution is 6.09. The molecule has 0 spiro atoms. The van der Waals surface area contributed by atoms with E-state index in [1.165, 1.54) is 55.5 Å². The first kappa shape index (κ1) is 53.2. The van der Waals surface area contributed by atoms with E-state index in [-0.39, 0.29) is 32.5 Å². The van der Waals surface area contributed by atoms with E-state index in [1.54, 1.807) is 0 Å². The number of imidazole rings is 1. The number of fused-ring (bicyclic) bond motifs is 4. The summed E-state index contributed by atoms with van der Waals surface area (Å²) in [6.45, 7) is 41.5. The Morgan fingerprint density at radius 1 is 0.416 bits per heavy atom. The number of benzene rings is 7. The third-order valence-electron chi connectivity index (χ3n) is 15.5. The summed E-state index contributed by atoms with van der Waals surface area (Å²) in [5.41, 5.74) is 18.4. The lowest BCUT2D eigenvalue weighted by Crippen LogP contribution is -2.35. The van der Waals surface area contributed by atoms with Crippen molar-refractivity contribution in [2.75, 3.05) is 0 Å². The second-order valence-corrected chi connectivity index (χ2v) is 27.8. The van der Waals surface area contributed by atoms with Gasteiger partial charge in [0.1, 0.15) is 17.3 Å². The number of hydrogen-bond acceptors (Lipinski definition) is 2. The van der Waals surface area contributed by atoms with Crippen molar-refractivity contribution in [2.24, 2.45) is 0 Å². The summed E-state index contributed by atoms with van der Waals surface area (Å²) in [6, 6.07) is 56.1. The van der Waals surface area contributed by atoms with Crippen LogP contribution >= 0.6 is 0 Å². The average Bonchev–Trinajstić information content (AvgIpc) is 3.96. The molecule has 10 aromatic rings. The predicted octanol–water partition coefficient (Wildman–Crippen LogP) is 19.1. The Balaban J connectivity index is 1.20.